The molecule has 28 heavy (non-hydrogen) atoms. The molecular weight excluding hydrogens is 371 g/mol. The van der Waals surface area contributed by atoms with Crippen LogP contribution in [0.3, 0.4) is 0 Å². The molecule has 0 aromatic heterocycles. The van der Waals surface area contributed by atoms with Gasteiger partial charge in [0.15, 0.2) is 6.61 Å². The molecule has 2 N–H and O–H groups in total. The van der Waals surface area contributed by atoms with E-state index in [1.54, 1.807) is 0 Å². The zero-order valence-corrected chi connectivity index (χ0v) is 14.5. The van der Waals surface area contributed by atoms with E-state index in [-0.39, 0.29) is 35.6 Å². The Morgan fingerprint density at radius 1 is 1.29 bits per heavy atom. The molecule has 1 amide bonds. The van der Waals surface area contributed by atoms with Crippen molar-refractivity contribution in [2.45, 2.75) is 6.42 Å². The van der Waals surface area contributed by atoms with Crippen LogP contribution in [0.15, 0.2) is 42.5 Å². The molecule has 0 heterocycles. The van der Waals surface area contributed by atoms with Crippen molar-refractivity contribution in [1.29, 1.82) is 5.26 Å². The fourth-order valence-electron chi connectivity index (χ4n) is 2.33. The molecule has 0 spiro atoms. The molecule has 0 aliphatic carbocycles. The van der Waals surface area contributed by atoms with E-state index in [1.807, 2.05) is 6.07 Å². The number of benzene rings is 2. The molecule has 0 unspecified atom stereocenters. The smallest absolute Gasteiger partial charge is 0.341 e. The Balaban J connectivity index is 2.15. The molecule has 9 nitrogen and oxygen atoms in total. The Bertz CT molecular complexity index is 957. The summed E-state index contributed by atoms with van der Waals surface area (Å²) >= 11 is 0. The molecule has 0 radical (unpaired) electrons. The van der Waals surface area contributed by atoms with Crippen molar-refractivity contribution in [2.24, 2.45) is 0 Å². The number of nitro groups is 1. The van der Waals surface area contributed by atoms with Gasteiger partial charge < -0.3 is 15.4 Å². The molecule has 0 atom stereocenters. The molecule has 2 aromatic carbocycles. The third-order valence-electron chi connectivity index (χ3n) is 3.69. The van der Waals surface area contributed by atoms with Gasteiger partial charge >= 0.3 is 5.97 Å². The van der Waals surface area contributed by atoms with Crippen LogP contribution in [0, 0.1) is 27.3 Å². The largest absolute Gasteiger partial charge is 0.452 e. The Hall–Kier alpha value is -4.00. The van der Waals surface area contributed by atoms with Crippen LogP contribution in [0.5, 0.6) is 0 Å². The average Bonchev–Trinajstić information content (AvgIpc) is 2.67. The number of nitrogen functional groups attached to an aromatic ring is 1. The fourth-order valence-corrected chi connectivity index (χ4v) is 2.33. The highest BCUT2D eigenvalue weighted by Gasteiger charge is 2.22. The van der Waals surface area contributed by atoms with Crippen molar-refractivity contribution in [3.8, 4) is 6.07 Å². The maximum absolute atomic E-state index is 14.0. The van der Waals surface area contributed by atoms with E-state index in [4.69, 9.17) is 15.7 Å². The zero-order valence-electron chi connectivity index (χ0n) is 14.5. The van der Waals surface area contributed by atoms with Crippen molar-refractivity contribution < 1.29 is 23.6 Å². The number of amides is 1. The number of nitriles is 1. The molecule has 2 aromatic rings. The first-order chi connectivity index (χ1) is 13.3. The van der Waals surface area contributed by atoms with Gasteiger partial charge in [-0.25, -0.2) is 9.18 Å². The number of esters is 1. The van der Waals surface area contributed by atoms with Gasteiger partial charge in [0.2, 0.25) is 0 Å². The number of non-ortho nitro benzene ring substituents is 1. The SMILES string of the molecule is N#CCCN(C(=O)COC(=O)c1cc([N+](=O)[O-])ccc1N)c1ccccc1F. The quantitative estimate of drug-likeness (QED) is 0.333. The van der Waals surface area contributed by atoms with Gasteiger partial charge in [-0.05, 0) is 18.2 Å². The number of hydrogen-bond acceptors (Lipinski definition) is 7. The predicted octanol–water partition coefficient (Wildman–Crippen LogP) is 2.42. The normalized spacial score (nSPS) is 10.0. The topological polar surface area (TPSA) is 140 Å². The van der Waals surface area contributed by atoms with Crippen LogP contribution >= 0.6 is 0 Å². The summed E-state index contributed by atoms with van der Waals surface area (Å²) < 4.78 is 18.9. The van der Waals surface area contributed by atoms with Gasteiger partial charge in [-0.2, -0.15) is 5.26 Å². The minimum Gasteiger partial charge on any atom is -0.452 e. The number of rotatable bonds is 7. The third-order valence-corrected chi connectivity index (χ3v) is 3.69. The van der Waals surface area contributed by atoms with E-state index in [2.05, 4.69) is 0 Å². The van der Waals surface area contributed by atoms with E-state index >= 15 is 0 Å². The first-order valence-corrected chi connectivity index (χ1v) is 7.98. The minimum absolute atomic E-state index is 0.0570. The standard InChI is InChI=1S/C18H15FN4O5/c19-14-4-1-2-5-16(14)22(9-3-8-20)17(24)11-28-18(25)13-10-12(23(26)27)6-7-15(13)21/h1-2,4-7,10H,3,9,11,21H2. The number of nitrogens with zero attached hydrogens (tertiary/aromatic N) is 3. The summed E-state index contributed by atoms with van der Waals surface area (Å²) in [6.07, 6.45) is -0.0636. The van der Waals surface area contributed by atoms with E-state index in [0.29, 0.717) is 0 Å². The van der Waals surface area contributed by atoms with Crippen molar-refractivity contribution in [3.05, 3.63) is 64.0 Å². The molecule has 144 valence electrons. The molecule has 0 saturated carbocycles. The van der Waals surface area contributed by atoms with E-state index < -0.39 is 29.2 Å². The van der Waals surface area contributed by atoms with Crippen LogP contribution < -0.4 is 10.6 Å². The number of carbonyl (C=O) groups is 2. The third kappa shape index (κ3) is 4.79. The summed E-state index contributed by atoms with van der Waals surface area (Å²) in [4.78, 5) is 35.7. The number of carbonyl (C=O) groups excluding carboxylic acids is 2. The maximum Gasteiger partial charge on any atom is 0.341 e. The lowest BCUT2D eigenvalue weighted by Gasteiger charge is -2.22. The Morgan fingerprint density at radius 3 is 2.64 bits per heavy atom. The predicted molar refractivity (Wildman–Crippen MR) is 96.8 cm³/mol. The average molecular weight is 386 g/mol. The number of halogens is 1. The Morgan fingerprint density at radius 2 is 2.00 bits per heavy atom. The zero-order chi connectivity index (χ0) is 20.7. The molecule has 10 heteroatoms. The molecular formula is C18H15FN4O5. The van der Waals surface area contributed by atoms with Crippen LogP contribution in [-0.4, -0.2) is 30.0 Å². The lowest BCUT2D eigenvalue weighted by Crippen LogP contribution is -2.36. The maximum atomic E-state index is 14.0. The number of nitro benzene ring substituents is 1. The highest BCUT2D eigenvalue weighted by Crippen LogP contribution is 2.22. The van der Waals surface area contributed by atoms with Crippen molar-refractivity contribution >= 4 is 28.9 Å². The first-order valence-electron chi connectivity index (χ1n) is 7.98. The Labute approximate surface area is 158 Å². The molecule has 0 bridgehead atoms. The van der Waals surface area contributed by atoms with E-state index in [0.717, 1.165) is 23.1 Å². The van der Waals surface area contributed by atoms with Gasteiger partial charge in [-0.3, -0.25) is 14.9 Å². The molecule has 0 aliphatic heterocycles. The summed E-state index contributed by atoms with van der Waals surface area (Å²) in [5, 5.41) is 19.6. The van der Waals surface area contributed by atoms with Crippen LogP contribution in [0.2, 0.25) is 0 Å². The van der Waals surface area contributed by atoms with Crippen molar-refractivity contribution in [3.63, 3.8) is 0 Å². The van der Waals surface area contributed by atoms with Gasteiger partial charge in [0.05, 0.1) is 28.7 Å². The summed E-state index contributed by atoms with van der Waals surface area (Å²) in [6, 6.07) is 10.5. The molecule has 2 rings (SSSR count). The summed E-state index contributed by atoms with van der Waals surface area (Å²) in [5.74, 6) is -2.48. The van der Waals surface area contributed by atoms with Crippen molar-refractivity contribution in [1.82, 2.24) is 0 Å². The first kappa shape index (κ1) is 20.3. The number of para-hydroxylation sites is 1. The number of ether oxygens (including phenoxy) is 1. The van der Waals surface area contributed by atoms with Gasteiger partial charge in [0.1, 0.15) is 5.82 Å². The van der Waals surface area contributed by atoms with Crippen LogP contribution in [-0.2, 0) is 9.53 Å². The molecule has 0 fully saturated rings. The van der Waals surface area contributed by atoms with Crippen LogP contribution in [0.1, 0.15) is 16.8 Å². The molecule has 0 aliphatic rings. The van der Waals surface area contributed by atoms with Crippen molar-refractivity contribution in [2.75, 3.05) is 23.8 Å². The fraction of sp³-hybridized carbons (Fsp3) is 0.167. The van der Waals surface area contributed by atoms with E-state index in [9.17, 15) is 24.1 Å². The van der Waals surface area contributed by atoms with E-state index in [1.165, 1.54) is 24.3 Å². The summed E-state index contributed by atoms with van der Waals surface area (Å²) in [7, 11) is 0. The van der Waals surface area contributed by atoms with Gasteiger partial charge in [-0.1, -0.05) is 12.1 Å². The summed E-state index contributed by atoms with van der Waals surface area (Å²) in [5.41, 5.74) is 4.88. The second-order valence-electron chi connectivity index (χ2n) is 5.51. The summed E-state index contributed by atoms with van der Waals surface area (Å²) in [6.45, 7) is -0.868. The van der Waals surface area contributed by atoms with Crippen LogP contribution in [0.4, 0.5) is 21.5 Å². The minimum atomic E-state index is -1.04. The van der Waals surface area contributed by atoms with Gasteiger partial charge in [0.25, 0.3) is 11.6 Å². The second-order valence-corrected chi connectivity index (χ2v) is 5.51. The van der Waals surface area contributed by atoms with Gasteiger partial charge in [-0.15, -0.1) is 0 Å². The highest BCUT2D eigenvalue weighted by atomic mass is 19.1. The highest BCUT2D eigenvalue weighted by molar-refractivity contribution is 5.99. The Kier molecular flexibility index (Phi) is 6.59. The molecule has 0 saturated heterocycles. The number of anilines is 2. The lowest BCUT2D eigenvalue weighted by molar-refractivity contribution is -0.384. The second kappa shape index (κ2) is 9.09. The monoisotopic (exact) mass is 386 g/mol. The number of hydrogen-bond donors (Lipinski definition) is 1. The van der Waals surface area contributed by atoms with Gasteiger partial charge in [0, 0.05) is 24.4 Å². The lowest BCUT2D eigenvalue weighted by atomic mass is 10.1. The van der Waals surface area contributed by atoms with Crippen LogP contribution in [0.25, 0.3) is 0 Å². The number of nitrogens with two attached hydrogens (primary N) is 1.